The Morgan fingerprint density at radius 2 is 1.81 bits per heavy atom. The molecule has 1 heterocycles. The van der Waals surface area contributed by atoms with E-state index in [2.05, 4.69) is 0 Å². The quantitative estimate of drug-likeness (QED) is 0.726. The van der Waals surface area contributed by atoms with Crippen LogP contribution < -0.4 is 5.73 Å². The highest BCUT2D eigenvalue weighted by Crippen LogP contribution is 2.40. The van der Waals surface area contributed by atoms with Gasteiger partial charge in [-0.05, 0) is 33.8 Å². The molecular weight excluding hydrogens is 208 g/mol. The Morgan fingerprint density at radius 3 is 2.12 bits per heavy atom. The van der Waals surface area contributed by atoms with Gasteiger partial charge in [0.05, 0.1) is 18.2 Å². The molecule has 0 aliphatic carbocycles. The molecule has 0 spiro atoms. The summed E-state index contributed by atoms with van der Waals surface area (Å²) >= 11 is 0. The average Bonchev–Trinajstić information content (AvgIpc) is 2.31. The zero-order valence-corrected chi connectivity index (χ0v) is 10.3. The van der Waals surface area contributed by atoms with Gasteiger partial charge in [-0.1, -0.05) is 0 Å². The van der Waals surface area contributed by atoms with Crippen LogP contribution in [0.2, 0.25) is 0 Å². The average molecular weight is 226 g/mol. The Morgan fingerprint density at radius 1 is 1.31 bits per heavy atom. The standard InChI is InChI=1S/C11H18N2O3/c1-10(2)6-7(8(12)14)11(3,4)13(10)9(15)16-5/h6H,1-5H3,(H2,12,14). The summed E-state index contributed by atoms with van der Waals surface area (Å²) in [5, 5.41) is 0. The third kappa shape index (κ3) is 1.66. The van der Waals surface area contributed by atoms with Gasteiger partial charge in [0.2, 0.25) is 5.91 Å². The van der Waals surface area contributed by atoms with Crippen molar-refractivity contribution in [2.45, 2.75) is 38.8 Å². The number of hydrogen-bond donors (Lipinski definition) is 1. The zero-order valence-electron chi connectivity index (χ0n) is 10.3. The molecule has 0 saturated heterocycles. The zero-order chi connectivity index (χ0) is 12.7. The van der Waals surface area contributed by atoms with Crippen LogP contribution in [0.4, 0.5) is 4.79 Å². The van der Waals surface area contributed by atoms with Crippen LogP contribution >= 0.6 is 0 Å². The minimum atomic E-state index is -0.748. The van der Waals surface area contributed by atoms with Crippen LogP contribution in [-0.4, -0.2) is 35.1 Å². The van der Waals surface area contributed by atoms with Crippen molar-refractivity contribution < 1.29 is 14.3 Å². The molecule has 90 valence electrons. The number of amides is 2. The maximum absolute atomic E-state index is 11.7. The number of primary amides is 1. The molecule has 0 fully saturated rings. The van der Waals surface area contributed by atoms with Crippen LogP contribution in [0.5, 0.6) is 0 Å². The summed E-state index contributed by atoms with van der Waals surface area (Å²) in [4.78, 5) is 24.6. The molecule has 1 aliphatic heterocycles. The van der Waals surface area contributed by atoms with Crippen LogP contribution in [0.15, 0.2) is 11.6 Å². The molecule has 2 N–H and O–H groups in total. The lowest BCUT2D eigenvalue weighted by Gasteiger charge is -2.40. The van der Waals surface area contributed by atoms with Crippen molar-refractivity contribution in [1.29, 1.82) is 0 Å². The second-order valence-electron chi connectivity index (χ2n) is 4.94. The maximum atomic E-state index is 11.7. The SMILES string of the molecule is COC(=O)N1C(C)(C)C=C(C(N)=O)C1(C)C. The molecule has 16 heavy (non-hydrogen) atoms. The normalized spacial score (nSPS) is 21.6. The van der Waals surface area contributed by atoms with Gasteiger partial charge in [-0.15, -0.1) is 0 Å². The number of carbonyl (C=O) groups excluding carboxylic acids is 2. The minimum Gasteiger partial charge on any atom is -0.453 e. The third-order valence-corrected chi connectivity index (χ3v) is 2.91. The van der Waals surface area contributed by atoms with Crippen molar-refractivity contribution >= 4 is 12.0 Å². The Kier molecular flexibility index (Phi) is 2.75. The Hall–Kier alpha value is -1.52. The van der Waals surface area contributed by atoms with Crippen molar-refractivity contribution in [2.75, 3.05) is 7.11 Å². The summed E-state index contributed by atoms with van der Waals surface area (Å²) in [6.45, 7) is 7.22. The molecule has 0 aromatic carbocycles. The van der Waals surface area contributed by atoms with E-state index in [0.717, 1.165) is 0 Å². The number of ether oxygens (including phenoxy) is 1. The molecule has 1 rings (SSSR count). The molecule has 2 amide bonds. The Labute approximate surface area is 95.2 Å². The number of hydrogen-bond acceptors (Lipinski definition) is 3. The summed E-state index contributed by atoms with van der Waals surface area (Å²) < 4.78 is 4.73. The van der Waals surface area contributed by atoms with Gasteiger partial charge in [0.1, 0.15) is 0 Å². The molecule has 0 aromatic heterocycles. The van der Waals surface area contributed by atoms with E-state index in [-0.39, 0.29) is 0 Å². The summed E-state index contributed by atoms with van der Waals surface area (Å²) in [5.41, 5.74) is 4.42. The molecule has 0 unspecified atom stereocenters. The van der Waals surface area contributed by atoms with Crippen molar-refractivity contribution in [3.63, 3.8) is 0 Å². The Bertz CT molecular complexity index is 369. The van der Waals surface area contributed by atoms with Gasteiger partial charge < -0.3 is 10.5 Å². The topological polar surface area (TPSA) is 72.6 Å². The summed E-state index contributed by atoms with van der Waals surface area (Å²) in [5.74, 6) is -0.510. The van der Waals surface area contributed by atoms with E-state index in [1.54, 1.807) is 19.9 Å². The molecule has 0 radical (unpaired) electrons. The first-order valence-electron chi connectivity index (χ1n) is 5.06. The maximum Gasteiger partial charge on any atom is 0.410 e. The third-order valence-electron chi connectivity index (χ3n) is 2.91. The van der Waals surface area contributed by atoms with Crippen molar-refractivity contribution in [2.24, 2.45) is 5.73 Å². The lowest BCUT2D eigenvalue weighted by atomic mass is 9.95. The van der Waals surface area contributed by atoms with Gasteiger partial charge >= 0.3 is 6.09 Å². The predicted octanol–water partition coefficient (Wildman–Crippen LogP) is 1.04. The Balaban J connectivity index is 3.25. The first kappa shape index (κ1) is 12.5. The van der Waals surface area contributed by atoms with Crippen LogP contribution in [0.3, 0.4) is 0 Å². The smallest absolute Gasteiger partial charge is 0.410 e. The molecule has 0 aromatic rings. The van der Waals surface area contributed by atoms with Crippen molar-refractivity contribution in [1.82, 2.24) is 4.90 Å². The van der Waals surface area contributed by atoms with E-state index in [9.17, 15) is 9.59 Å². The van der Waals surface area contributed by atoms with Gasteiger partial charge in [-0.3, -0.25) is 9.69 Å². The van der Waals surface area contributed by atoms with Crippen molar-refractivity contribution in [3.05, 3.63) is 11.6 Å². The highest BCUT2D eigenvalue weighted by Gasteiger charge is 2.50. The molecule has 0 saturated carbocycles. The monoisotopic (exact) mass is 226 g/mol. The van der Waals surface area contributed by atoms with Crippen LogP contribution in [0, 0.1) is 0 Å². The van der Waals surface area contributed by atoms with E-state index in [0.29, 0.717) is 5.57 Å². The molecule has 0 bridgehead atoms. The number of carbonyl (C=O) groups is 2. The summed E-state index contributed by atoms with van der Waals surface area (Å²) in [7, 11) is 1.32. The van der Waals surface area contributed by atoms with E-state index in [1.807, 2.05) is 13.8 Å². The summed E-state index contributed by atoms with van der Waals surface area (Å²) in [6.07, 6.45) is 1.24. The van der Waals surface area contributed by atoms with Gasteiger partial charge in [-0.2, -0.15) is 0 Å². The largest absolute Gasteiger partial charge is 0.453 e. The predicted molar refractivity (Wildman–Crippen MR) is 59.7 cm³/mol. The number of nitrogens with two attached hydrogens (primary N) is 1. The molecule has 1 aliphatic rings. The highest BCUT2D eigenvalue weighted by molar-refractivity contribution is 5.96. The number of nitrogens with zero attached hydrogens (tertiary/aromatic N) is 1. The minimum absolute atomic E-state index is 0.433. The number of methoxy groups -OCH3 is 1. The first-order chi connectivity index (χ1) is 7.14. The lowest BCUT2D eigenvalue weighted by molar-refractivity contribution is -0.115. The van der Waals surface area contributed by atoms with Crippen LogP contribution in [0.25, 0.3) is 0 Å². The number of rotatable bonds is 1. The van der Waals surface area contributed by atoms with Gasteiger partial charge in [0.15, 0.2) is 0 Å². The van der Waals surface area contributed by atoms with E-state index >= 15 is 0 Å². The fourth-order valence-corrected chi connectivity index (χ4v) is 2.36. The van der Waals surface area contributed by atoms with Crippen LogP contribution in [0.1, 0.15) is 27.7 Å². The fraction of sp³-hybridized carbons (Fsp3) is 0.636. The second kappa shape index (κ2) is 3.50. The molecule has 5 heteroatoms. The van der Waals surface area contributed by atoms with Gasteiger partial charge in [-0.25, -0.2) is 4.79 Å². The molecule has 5 nitrogen and oxygen atoms in total. The molecule has 0 atom stereocenters. The van der Waals surface area contributed by atoms with E-state index in [1.165, 1.54) is 12.0 Å². The van der Waals surface area contributed by atoms with Gasteiger partial charge in [0.25, 0.3) is 0 Å². The first-order valence-corrected chi connectivity index (χ1v) is 5.06. The van der Waals surface area contributed by atoms with E-state index < -0.39 is 23.1 Å². The molecular formula is C11H18N2O3. The second-order valence-corrected chi connectivity index (χ2v) is 4.94. The highest BCUT2D eigenvalue weighted by atomic mass is 16.5. The van der Waals surface area contributed by atoms with Gasteiger partial charge in [0, 0.05) is 5.57 Å². The van der Waals surface area contributed by atoms with Crippen molar-refractivity contribution in [3.8, 4) is 0 Å². The van der Waals surface area contributed by atoms with Crippen LogP contribution in [-0.2, 0) is 9.53 Å². The van der Waals surface area contributed by atoms with E-state index in [4.69, 9.17) is 10.5 Å². The summed E-state index contributed by atoms with van der Waals surface area (Å²) in [6, 6.07) is 0. The fourth-order valence-electron chi connectivity index (χ4n) is 2.36. The lowest BCUT2D eigenvalue weighted by Crippen LogP contribution is -2.54.